The van der Waals surface area contributed by atoms with Crippen molar-refractivity contribution in [1.29, 1.82) is 0 Å². The number of thioether (sulfide) groups is 1. The Bertz CT molecular complexity index is 1150. The highest BCUT2D eigenvalue weighted by Gasteiger charge is 2.20. The van der Waals surface area contributed by atoms with Crippen LogP contribution in [0.5, 0.6) is 0 Å². The number of amides is 1. The van der Waals surface area contributed by atoms with Crippen LogP contribution in [-0.4, -0.2) is 47.8 Å². The normalized spacial score (nSPS) is 13.8. The standard InChI is InChI=1S/C25H28FN5OS/c1-17-4-5-18(2)22(14-17)30-10-12-31(13-11-30)23-8-9-27-25(29-23)33-16-24(32)28-21-7-6-20(26)15-19(21)3/h4-9,14-15H,10-13,16H2,1-3H3,(H,28,32). The topological polar surface area (TPSA) is 61.4 Å². The first-order chi connectivity index (χ1) is 15.9. The van der Waals surface area contributed by atoms with Gasteiger partial charge in [0, 0.05) is 43.8 Å². The maximum atomic E-state index is 13.2. The summed E-state index contributed by atoms with van der Waals surface area (Å²) in [5, 5.41) is 3.38. The van der Waals surface area contributed by atoms with Gasteiger partial charge in [-0.2, -0.15) is 0 Å². The van der Waals surface area contributed by atoms with Crippen LogP contribution in [0.15, 0.2) is 53.8 Å². The molecule has 2 heterocycles. The van der Waals surface area contributed by atoms with E-state index in [1.54, 1.807) is 19.2 Å². The van der Waals surface area contributed by atoms with Crippen LogP contribution in [-0.2, 0) is 4.79 Å². The molecule has 33 heavy (non-hydrogen) atoms. The quantitative estimate of drug-likeness (QED) is 0.424. The number of aromatic nitrogens is 2. The molecule has 0 saturated carbocycles. The van der Waals surface area contributed by atoms with Gasteiger partial charge in [-0.3, -0.25) is 4.79 Å². The molecule has 0 unspecified atom stereocenters. The molecule has 1 saturated heterocycles. The van der Waals surface area contributed by atoms with Gasteiger partial charge in [0.05, 0.1) is 5.75 Å². The van der Waals surface area contributed by atoms with Gasteiger partial charge in [0.25, 0.3) is 0 Å². The summed E-state index contributed by atoms with van der Waals surface area (Å²) in [6.07, 6.45) is 1.74. The van der Waals surface area contributed by atoms with Crippen LogP contribution < -0.4 is 15.1 Å². The highest BCUT2D eigenvalue weighted by molar-refractivity contribution is 7.99. The van der Waals surface area contributed by atoms with Crippen molar-refractivity contribution in [2.24, 2.45) is 0 Å². The highest BCUT2D eigenvalue weighted by atomic mass is 32.2. The molecule has 1 amide bonds. The number of benzene rings is 2. The van der Waals surface area contributed by atoms with E-state index in [1.165, 1.54) is 40.7 Å². The van der Waals surface area contributed by atoms with E-state index in [4.69, 9.17) is 0 Å². The monoisotopic (exact) mass is 465 g/mol. The van der Waals surface area contributed by atoms with Crippen LogP contribution in [0.1, 0.15) is 16.7 Å². The number of hydrogen-bond acceptors (Lipinski definition) is 6. The average molecular weight is 466 g/mol. The summed E-state index contributed by atoms with van der Waals surface area (Å²) in [6, 6.07) is 12.8. The minimum absolute atomic E-state index is 0.175. The van der Waals surface area contributed by atoms with Crippen LogP contribution in [0.3, 0.4) is 0 Å². The van der Waals surface area contributed by atoms with Crippen molar-refractivity contribution in [3.8, 4) is 0 Å². The number of piperazine rings is 1. The van der Waals surface area contributed by atoms with Crippen LogP contribution in [0.4, 0.5) is 21.6 Å². The third-order valence-corrected chi connectivity index (χ3v) is 6.58. The molecule has 0 radical (unpaired) electrons. The van der Waals surface area contributed by atoms with Crippen molar-refractivity contribution in [2.75, 3.05) is 47.0 Å². The van der Waals surface area contributed by atoms with Gasteiger partial charge in [0.15, 0.2) is 5.16 Å². The Labute approximate surface area is 198 Å². The van der Waals surface area contributed by atoms with Crippen LogP contribution >= 0.6 is 11.8 Å². The Morgan fingerprint density at radius 3 is 2.52 bits per heavy atom. The van der Waals surface area contributed by atoms with Crippen molar-refractivity contribution in [2.45, 2.75) is 25.9 Å². The summed E-state index contributed by atoms with van der Waals surface area (Å²) in [7, 11) is 0. The van der Waals surface area contributed by atoms with E-state index < -0.39 is 0 Å². The molecule has 8 heteroatoms. The van der Waals surface area contributed by atoms with E-state index in [9.17, 15) is 9.18 Å². The van der Waals surface area contributed by atoms with Crippen LogP contribution in [0.2, 0.25) is 0 Å². The number of nitrogens with zero attached hydrogens (tertiary/aromatic N) is 4. The van der Waals surface area contributed by atoms with Crippen molar-refractivity contribution < 1.29 is 9.18 Å². The van der Waals surface area contributed by atoms with E-state index in [0.717, 1.165) is 32.0 Å². The Morgan fingerprint density at radius 1 is 1.00 bits per heavy atom. The second-order valence-electron chi connectivity index (χ2n) is 8.26. The molecule has 0 atom stereocenters. The number of nitrogens with one attached hydrogen (secondary N) is 1. The summed E-state index contributed by atoms with van der Waals surface area (Å²) in [5.74, 6) is 0.564. The number of anilines is 3. The molecule has 3 aromatic rings. The van der Waals surface area contributed by atoms with Gasteiger partial charge >= 0.3 is 0 Å². The number of aryl methyl sites for hydroxylation is 3. The molecule has 4 rings (SSSR count). The lowest BCUT2D eigenvalue weighted by Crippen LogP contribution is -2.47. The van der Waals surface area contributed by atoms with E-state index in [0.29, 0.717) is 16.4 Å². The number of hydrogen-bond donors (Lipinski definition) is 1. The lowest BCUT2D eigenvalue weighted by molar-refractivity contribution is -0.113. The zero-order valence-corrected chi connectivity index (χ0v) is 20.0. The molecule has 0 spiro atoms. The Morgan fingerprint density at radius 2 is 1.76 bits per heavy atom. The summed E-state index contributed by atoms with van der Waals surface area (Å²) >= 11 is 1.29. The predicted molar refractivity (Wildman–Crippen MR) is 133 cm³/mol. The first-order valence-corrected chi connectivity index (χ1v) is 12.0. The number of halogens is 1. The molecule has 1 aliphatic rings. The van der Waals surface area contributed by atoms with Gasteiger partial charge < -0.3 is 15.1 Å². The fraction of sp³-hybridized carbons (Fsp3) is 0.320. The van der Waals surface area contributed by atoms with E-state index in [2.05, 4.69) is 57.1 Å². The summed E-state index contributed by atoms with van der Waals surface area (Å²) in [5.41, 5.74) is 5.17. The fourth-order valence-electron chi connectivity index (χ4n) is 3.90. The third kappa shape index (κ3) is 5.82. The zero-order valence-electron chi connectivity index (χ0n) is 19.1. The van der Waals surface area contributed by atoms with Crippen LogP contribution in [0.25, 0.3) is 0 Å². The van der Waals surface area contributed by atoms with Gasteiger partial charge in [-0.1, -0.05) is 23.9 Å². The number of carbonyl (C=O) groups excluding carboxylic acids is 1. The van der Waals surface area contributed by atoms with Gasteiger partial charge in [-0.15, -0.1) is 0 Å². The first-order valence-electron chi connectivity index (χ1n) is 11.0. The molecular formula is C25H28FN5OS. The van der Waals surface area contributed by atoms with Gasteiger partial charge in [0.2, 0.25) is 5.91 Å². The minimum Gasteiger partial charge on any atom is -0.368 e. The summed E-state index contributed by atoms with van der Waals surface area (Å²) < 4.78 is 13.2. The second kappa shape index (κ2) is 10.2. The Balaban J connectivity index is 1.32. The van der Waals surface area contributed by atoms with Crippen LogP contribution in [0, 0.1) is 26.6 Å². The molecule has 1 N–H and O–H groups in total. The maximum Gasteiger partial charge on any atom is 0.234 e. The third-order valence-electron chi connectivity index (χ3n) is 5.72. The van der Waals surface area contributed by atoms with Gasteiger partial charge in [-0.05, 0) is 67.8 Å². The predicted octanol–water partition coefficient (Wildman–Crippen LogP) is 4.60. The van der Waals surface area contributed by atoms with Gasteiger partial charge in [-0.25, -0.2) is 14.4 Å². The first kappa shape index (κ1) is 23.0. The van der Waals surface area contributed by atoms with Crippen molar-refractivity contribution in [3.05, 3.63) is 71.2 Å². The molecule has 1 fully saturated rings. The molecule has 0 bridgehead atoms. The second-order valence-corrected chi connectivity index (χ2v) is 9.20. The smallest absolute Gasteiger partial charge is 0.234 e. The number of carbonyl (C=O) groups is 1. The highest BCUT2D eigenvalue weighted by Crippen LogP contribution is 2.25. The lowest BCUT2D eigenvalue weighted by atomic mass is 10.1. The maximum absolute atomic E-state index is 13.2. The summed E-state index contributed by atoms with van der Waals surface area (Å²) in [4.78, 5) is 26.0. The van der Waals surface area contributed by atoms with Gasteiger partial charge in [0.1, 0.15) is 11.6 Å². The van der Waals surface area contributed by atoms with Crippen molar-refractivity contribution >= 4 is 34.9 Å². The number of rotatable bonds is 6. The summed E-state index contributed by atoms with van der Waals surface area (Å²) in [6.45, 7) is 9.64. The molecule has 6 nitrogen and oxygen atoms in total. The molecule has 1 aromatic heterocycles. The lowest BCUT2D eigenvalue weighted by Gasteiger charge is -2.37. The Kier molecular flexibility index (Phi) is 7.13. The average Bonchev–Trinajstić information content (AvgIpc) is 2.81. The minimum atomic E-state index is -0.320. The van der Waals surface area contributed by atoms with Crippen molar-refractivity contribution in [3.63, 3.8) is 0 Å². The van der Waals surface area contributed by atoms with E-state index >= 15 is 0 Å². The molecular weight excluding hydrogens is 437 g/mol. The van der Waals surface area contributed by atoms with E-state index in [1.807, 2.05) is 6.07 Å². The molecule has 1 aliphatic heterocycles. The van der Waals surface area contributed by atoms with Crippen molar-refractivity contribution in [1.82, 2.24) is 9.97 Å². The largest absolute Gasteiger partial charge is 0.368 e. The Hall–Kier alpha value is -3.13. The molecule has 2 aromatic carbocycles. The SMILES string of the molecule is Cc1ccc(C)c(N2CCN(c3ccnc(SCC(=O)Nc4ccc(F)cc4C)n3)CC2)c1. The fourth-order valence-corrected chi connectivity index (χ4v) is 4.52. The zero-order chi connectivity index (χ0) is 23.4. The molecule has 172 valence electrons. The van der Waals surface area contributed by atoms with E-state index in [-0.39, 0.29) is 17.5 Å². The molecule has 0 aliphatic carbocycles.